The highest BCUT2D eigenvalue weighted by atomic mass is 16.1. The lowest BCUT2D eigenvalue weighted by Crippen LogP contribution is -2.28. The molecule has 1 N–H and O–H groups in total. The average molecular weight is 271 g/mol. The van der Waals surface area contributed by atoms with E-state index >= 15 is 0 Å². The molecule has 4 atom stereocenters. The highest BCUT2D eigenvalue weighted by molar-refractivity contribution is 6.07. The number of hydrogen-bond donors (Lipinski definition) is 1. The first-order chi connectivity index (χ1) is 9.59. The number of ketones is 2. The SMILES string of the molecule is CC(=O)C1C2=C(CC3CNC4CCCC2=C34)C(=O)C1C. The van der Waals surface area contributed by atoms with Crippen molar-refractivity contribution in [1.82, 2.24) is 5.32 Å². The van der Waals surface area contributed by atoms with Gasteiger partial charge in [-0.2, -0.15) is 0 Å². The van der Waals surface area contributed by atoms with Gasteiger partial charge in [-0.15, -0.1) is 0 Å². The second kappa shape index (κ2) is 4.14. The number of carbonyl (C=O) groups is 2. The summed E-state index contributed by atoms with van der Waals surface area (Å²) >= 11 is 0. The topological polar surface area (TPSA) is 46.2 Å². The van der Waals surface area contributed by atoms with E-state index in [0.717, 1.165) is 30.5 Å². The fourth-order valence-corrected chi connectivity index (χ4v) is 4.98. The summed E-state index contributed by atoms with van der Waals surface area (Å²) in [5, 5.41) is 3.61. The van der Waals surface area contributed by atoms with Crippen molar-refractivity contribution < 1.29 is 9.59 Å². The third-order valence-electron chi connectivity index (χ3n) is 5.75. The molecule has 0 aromatic heterocycles. The van der Waals surface area contributed by atoms with Crippen molar-refractivity contribution >= 4 is 11.6 Å². The van der Waals surface area contributed by atoms with Crippen LogP contribution >= 0.6 is 0 Å². The summed E-state index contributed by atoms with van der Waals surface area (Å²) in [6.45, 7) is 4.59. The number of rotatable bonds is 1. The van der Waals surface area contributed by atoms with Gasteiger partial charge in [-0.25, -0.2) is 0 Å². The van der Waals surface area contributed by atoms with E-state index < -0.39 is 0 Å². The molecule has 4 rings (SSSR count). The van der Waals surface area contributed by atoms with Crippen LogP contribution in [0.3, 0.4) is 0 Å². The maximum Gasteiger partial charge on any atom is 0.163 e. The predicted molar refractivity (Wildman–Crippen MR) is 76.1 cm³/mol. The van der Waals surface area contributed by atoms with E-state index in [2.05, 4.69) is 5.32 Å². The molecule has 1 heterocycles. The maximum atomic E-state index is 12.6. The van der Waals surface area contributed by atoms with Gasteiger partial charge in [0.1, 0.15) is 5.78 Å². The standard InChI is InChI=1S/C17H21NO2/c1-8-14(9(2)19)16-11-4-3-5-13-15(11)10(7-18-13)6-12(16)17(8)20/h8,10,13-14,18H,3-7H2,1-2H3. The number of carbonyl (C=O) groups excluding carboxylic acids is 2. The zero-order valence-corrected chi connectivity index (χ0v) is 12.2. The molecule has 1 saturated heterocycles. The Morgan fingerprint density at radius 1 is 1.30 bits per heavy atom. The molecule has 3 aliphatic carbocycles. The predicted octanol–water partition coefficient (Wildman–Crippen LogP) is 2.18. The minimum Gasteiger partial charge on any atom is -0.310 e. The Hall–Kier alpha value is -1.22. The van der Waals surface area contributed by atoms with E-state index in [-0.39, 0.29) is 23.4 Å². The molecule has 1 aliphatic heterocycles. The Morgan fingerprint density at radius 2 is 2.10 bits per heavy atom. The van der Waals surface area contributed by atoms with E-state index in [1.54, 1.807) is 12.5 Å². The molecule has 4 aliphatic rings. The monoisotopic (exact) mass is 271 g/mol. The van der Waals surface area contributed by atoms with Gasteiger partial charge in [-0.3, -0.25) is 9.59 Å². The Bertz CT molecular complexity index is 584. The summed E-state index contributed by atoms with van der Waals surface area (Å²) in [5.74, 6) is 0.602. The zero-order chi connectivity index (χ0) is 14.0. The molecular formula is C17H21NO2. The van der Waals surface area contributed by atoms with E-state index in [1.165, 1.54) is 18.4 Å². The van der Waals surface area contributed by atoms with Gasteiger partial charge in [0.2, 0.25) is 0 Å². The van der Waals surface area contributed by atoms with Crippen molar-refractivity contribution in [3.63, 3.8) is 0 Å². The minimum atomic E-state index is -0.166. The molecular weight excluding hydrogens is 250 g/mol. The molecule has 0 spiro atoms. The van der Waals surface area contributed by atoms with Gasteiger partial charge in [0, 0.05) is 24.1 Å². The lowest BCUT2D eigenvalue weighted by molar-refractivity contribution is -0.125. The van der Waals surface area contributed by atoms with Gasteiger partial charge in [0.05, 0.1) is 5.92 Å². The first-order valence-electron chi connectivity index (χ1n) is 7.84. The van der Waals surface area contributed by atoms with Crippen molar-refractivity contribution in [2.75, 3.05) is 6.54 Å². The van der Waals surface area contributed by atoms with E-state index in [4.69, 9.17) is 0 Å². The van der Waals surface area contributed by atoms with Crippen LogP contribution in [0.15, 0.2) is 22.3 Å². The van der Waals surface area contributed by atoms with E-state index in [0.29, 0.717) is 12.0 Å². The number of hydrogen-bond acceptors (Lipinski definition) is 3. The molecule has 3 nitrogen and oxygen atoms in total. The Kier molecular flexibility index (Phi) is 2.59. The molecule has 0 saturated carbocycles. The van der Waals surface area contributed by atoms with Crippen LogP contribution in [0.2, 0.25) is 0 Å². The van der Waals surface area contributed by atoms with Crippen LogP contribution in [-0.2, 0) is 9.59 Å². The largest absolute Gasteiger partial charge is 0.310 e. The molecule has 0 radical (unpaired) electrons. The third-order valence-corrected chi connectivity index (χ3v) is 5.75. The van der Waals surface area contributed by atoms with Gasteiger partial charge >= 0.3 is 0 Å². The summed E-state index contributed by atoms with van der Waals surface area (Å²) in [6.07, 6.45) is 4.32. The fourth-order valence-electron chi connectivity index (χ4n) is 4.98. The normalized spacial score (nSPS) is 39.2. The van der Waals surface area contributed by atoms with Crippen molar-refractivity contribution in [2.24, 2.45) is 17.8 Å². The summed E-state index contributed by atoms with van der Waals surface area (Å²) < 4.78 is 0. The number of allylic oxidation sites excluding steroid dienone is 3. The zero-order valence-electron chi connectivity index (χ0n) is 12.2. The lowest BCUT2D eigenvalue weighted by Gasteiger charge is -2.32. The number of fused-ring (bicyclic) bond motifs is 1. The molecule has 106 valence electrons. The summed E-state index contributed by atoms with van der Waals surface area (Å²) in [5.41, 5.74) is 5.07. The molecule has 3 heteroatoms. The van der Waals surface area contributed by atoms with Gasteiger partial charge in [-0.1, -0.05) is 6.92 Å². The highest BCUT2D eigenvalue weighted by Gasteiger charge is 2.49. The summed E-state index contributed by atoms with van der Waals surface area (Å²) in [7, 11) is 0. The summed E-state index contributed by atoms with van der Waals surface area (Å²) in [4.78, 5) is 24.6. The van der Waals surface area contributed by atoms with E-state index in [1.807, 2.05) is 6.92 Å². The minimum absolute atomic E-state index is 0.141. The first kappa shape index (κ1) is 12.5. The number of nitrogens with one attached hydrogen (secondary N) is 1. The molecule has 4 unspecified atom stereocenters. The van der Waals surface area contributed by atoms with Crippen LogP contribution in [0, 0.1) is 17.8 Å². The molecule has 0 aromatic carbocycles. The van der Waals surface area contributed by atoms with Gasteiger partial charge < -0.3 is 5.32 Å². The van der Waals surface area contributed by atoms with Crippen LogP contribution in [0.4, 0.5) is 0 Å². The van der Waals surface area contributed by atoms with Gasteiger partial charge in [0.15, 0.2) is 5.78 Å². The van der Waals surface area contributed by atoms with Crippen molar-refractivity contribution in [2.45, 2.75) is 45.6 Å². The van der Waals surface area contributed by atoms with Crippen molar-refractivity contribution in [3.8, 4) is 0 Å². The third kappa shape index (κ3) is 1.44. The molecule has 0 amide bonds. The molecule has 0 bridgehead atoms. The molecule has 1 fully saturated rings. The van der Waals surface area contributed by atoms with Crippen LogP contribution in [0.1, 0.15) is 39.5 Å². The van der Waals surface area contributed by atoms with Crippen LogP contribution < -0.4 is 5.32 Å². The Labute approximate surface area is 119 Å². The smallest absolute Gasteiger partial charge is 0.163 e. The van der Waals surface area contributed by atoms with Crippen molar-refractivity contribution in [3.05, 3.63) is 22.3 Å². The Morgan fingerprint density at radius 3 is 2.85 bits per heavy atom. The fraction of sp³-hybridized carbons (Fsp3) is 0.647. The van der Waals surface area contributed by atoms with Gasteiger partial charge in [0.25, 0.3) is 0 Å². The van der Waals surface area contributed by atoms with Crippen LogP contribution in [-0.4, -0.2) is 24.2 Å². The highest BCUT2D eigenvalue weighted by Crippen LogP contribution is 2.52. The quantitative estimate of drug-likeness (QED) is 0.795. The molecule has 0 aromatic rings. The first-order valence-corrected chi connectivity index (χ1v) is 7.84. The van der Waals surface area contributed by atoms with E-state index in [9.17, 15) is 9.59 Å². The van der Waals surface area contributed by atoms with Crippen LogP contribution in [0.5, 0.6) is 0 Å². The summed E-state index contributed by atoms with van der Waals surface area (Å²) in [6, 6.07) is 0.511. The average Bonchev–Trinajstić information content (AvgIpc) is 2.94. The van der Waals surface area contributed by atoms with Crippen LogP contribution in [0.25, 0.3) is 0 Å². The second-order valence-electron chi connectivity index (χ2n) is 6.82. The second-order valence-corrected chi connectivity index (χ2v) is 6.82. The lowest BCUT2D eigenvalue weighted by atomic mass is 9.71. The molecule has 20 heavy (non-hydrogen) atoms. The maximum absolute atomic E-state index is 12.6. The van der Waals surface area contributed by atoms with Gasteiger partial charge in [-0.05, 0) is 55.2 Å². The number of Topliss-reactive ketones (excluding diaryl/α,β-unsaturated/α-hetero) is 2. The van der Waals surface area contributed by atoms with Crippen molar-refractivity contribution in [1.29, 1.82) is 0 Å². The Balaban J connectivity index is 1.90.